The van der Waals surface area contributed by atoms with Crippen molar-refractivity contribution in [2.24, 2.45) is 0 Å². The minimum absolute atomic E-state index is 0.106. The molecule has 0 unspecified atom stereocenters. The van der Waals surface area contributed by atoms with E-state index in [4.69, 9.17) is 33.2 Å². The minimum Gasteiger partial charge on any atom is -0.370 e. The number of ether oxygens (including phenoxy) is 7. The second kappa shape index (κ2) is 11.9. The summed E-state index contributed by atoms with van der Waals surface area (Å²) in [6, 6.07) is 20.1. The number of hydrogen-bond acceptors (Lipinski definition) is 7. The van der Waals surface area contributed by atoms with Crippen LogP contribution in [0.25, 0.3) is 0 Å². The first-order valence-electron chi connectivity index (χ1n) is 11.0. The molecular weight excluding hydrogens is 412 g/mol. The molecule has 0 spiro atoms. The van der Waals surface area contributed by atoms with Crippen LogP contribution in [0.4, 0.5) is 0 Å². The van der Waals surface area contributed by atoms with Gasteiger partial charge in [-0.05, 0) is 11.1 Å². The van der Waals surface area contributed by atoms with E-state index in [1.54, 1.807) is 14.2 Å². The molecule has 0 N–H and O–H groups in total. The van der Waals surface area contributed by atoms with Crippen molar-refractivity contribution in [2.75, 3.05) is 27.6 Å². The molecule has 6 atom stereocenters. The average Bonchev–Trinajstić information content (AvgIpc) is 2.85. The number of benzene rings is 2. The average molecular weight is 445 g/mol. The summed E-state index contributed by atoms with van der Waals surface area (Å²) in [5, 5.41) is 0. The van der Waals surface area contributed by atoms with E-state index in [9.17, 15) is 0 Å². The Labute approximate surface area is 189 Å². The molecule has 4 rings (SSSR count). The summed E-state index contributed by atoms with van der Waals surface area (Å²) in [5.74, 6) is 0. The van der Waals surface area contributed by atoms with E-state index in [1.807, 2.05) is 60.7 Å². The van der Waals surface area contributed by atoms with Crippen LogP contribution in [0.5, 0.6) is 0 Å². The Kier molecular flexibility index (Phi) is 8.64. The van der Waals surface area contributed by atoms with E-state index < -0.39 is 12.4 Å². The molecule has 7 nitrogen and oxygen atoms in total. The largest absolute Gasteiger partial charge is 0.370 e. The molecule has 2 aromatic rings. The molecule has 0 aromatic heterocycles. The molecule has 2 aliphatic heterocycles. The van der Waals surface area contributed by atoms with Crippen LogP contribution >= 0.6 is 0 Å². The monoisotopic (exact) mass is 444 g/mol. The van der Waals surface area contributed by atoms with Crippen LogP contribution in [0, 0.1) is 0 Å². The predicted octanol–water partition coefficient (Wildman–Crippen LogP) is 3.31. The third-order valence-corrected chi connectivity index (χ3v) is 5.79. The van der Waals surface area contributed by atoms with Gasteiger partial charge in [0.05, 0.1) is 32.0 Å². The Hall–Kier alpha value is -1.84. The zero-order chi connectivity index (χ0) is 22.2. The number of fused-ring (bicyclic) bond motifs is 1. The van der Waals surface area contributed by atoms with Gasteiger partial charge in [0.2, 0.25) is 0 Å². The van der Waals surface area contributed by atoms with Gasteiger partial charge < -0.3 is 33.2 Å². The molecule has 174 valence electrons. The Bertz CT molecular complexity index is 787. The van der Waals surface area contributed by atoms with Gasteiger partial charge in [-0.25, -0.2) is 0 Å². The highest BCUT2D eigenvalue weighted by Gasteiger charge is 2.51. The smallest absolute Gasteiger partial charge is 0.186 e. The van der Waals surface area contributed by atoms with Crippen molar-refractivity contribution in [3.05, 3.63) is 71.8 Å². The number of rotatable bonds is 10. The van der Waals surface area contributed by atoms with Gasteiger partial charge in [-0.1, -0.05) is 60.7 Å². The first-order chi connectivity index (χ1) is 15.8. The molecule has 2 aromatic carbocycles. The van der Waals surface area contributed by atoms with Gasteiger partial charge >= 0.3 is 0 Å². The fourth-order valence-corrected chi connectivity index (χ4v) is 4.18. The topological polar surface area (TPSA) is 64.6 Å². The maximum atomic E-state index is 6.41. The molecule has 0 bridgehead atoms. The standard InChI is InChI=1S/C25H32O7/c1-26-17-31-20-13-21-22(30-16-20)23(28-14-18-9-5-3-6-10-18)24(25(27-2)32-21)29-15-19-11-7-4-8-12-19/h3-12,20-25H,13-17H2,1-2H3/t20-,21+,22+,23-,24+,25-/m0/s1. The van der Waals surface area contributed by atoms with E-state index in [0.29, 0.717) is 26.2 Å². The van der Waals surface area contributed by atoms with E-state index in [0.717, 1.165) is 11.1 Å². The Morgan fingerprint density at radius 1 is 0.812 bits per heavy atom. The van der Waals surface area contributed by atoms with Crippen LogP contribution in [0.3, 0.4) is 0 Å². The van der Waals surface area contributed by atoms with Crippen molar-refractivity contribution in [1.29, 1.82) is 0 Å². The highest BCUT2D eigenvalue weighted by Crippen LogP contribution is 2.34. The predicted molar refractivity (Wildman–Crippen MR) is 117 cm³/mol. The molecule has 0 saturated carbocycles. The van der Waals surface area contributed by atoms with E-state index in [1.165, 1.54) is 0 Å². The molecule has 2 saturated heterocycles. The number of hydrogen-bond donors (Lipinski definition) is 0. The van der Waals surface area contributed by atoms with Crippen LogP contribution < -0.4 is 0 Å². The molecule has 2 fully saturated rings. The molecule has 0 radical (unpaired) electrons. The lowest BCUT2D eigenvalue weighted by Gasteiger charge is -2.48. The second-order valence-corrected chi connectivity index (χ2v) is 8.03. The highest BCUT2D eigenvalue weighted by atomic mass is 16.7. The van der Waals surface area contributed by atoms with Crippen LogP contribution in [0.15, 0.2) is 60.7 Å². The Balaban J connectivity index is 1.49. The van der Waals surface area contributed by atoms with Crippen molar-refractivity contribution in [2.45, 2.75) is 56.4 Å². The lowest BCUT2D eigenvalue weighted by Crippen LogP contribution is -2.63. The lowest BCUT2D eigenvalue weighted by molar-refractivity contribution is -0.334. The van der Waals surface area contributed by atoms with Crippen LogP contribution in [-0.2, 0) is 46.4 Å². The van der Waals surface area contributed by atoms with Gasteiger partial charge in [0.1, 0.15) is 25.1 Å². The summed E-state index contributed by atoms with van der Waals surface area (Å²) >= 11 is 0. The third-order valence-electron chi connectivity index (χ3n) is 5.79. The summed E-state index contributed by atoms with van der Waals surface area (Å²) in [6.07, 6.45) is -1.32. The van der Waals surface area contributed by atoms with Crippen molar-refractivity contribution < 1.29 is 33.2 Å². The van der Waals surface area contributed by atoms with Gasteiger partial charge in [-0.2, -0.15) is 0 Å². The molecule has 2 heterocycles. The lowest BCUT2D eigenvalue weighted by atomic mass is 9.92. The minimum atomic E-state index is -0.578. The van der Waals surface area contributed by atoms with Gasteiger partial charge in [0.15, 0.2) is 6.29 Å². The fourth-order valence-electron chi connectivity index (χ4n) is 4.18. The highest BCUT2D eigenvalue weighted by molar-refractivity contribution is 5.14. The van der Waals surface area contributed by atoms with Crippen LogP contribution in [0.2, 0.25) is 0 Å². The van der Waals surface area contributed by atoms with Crippen molar-refractivity contribution in [1.82, 2.24) is 0 Å². The molecule has 2 aliphatic rings. The van der Waals surface area contributed by atoms with Crippen LogP contribution in [-0.4, -0.2) is 64.4 Å². The first kappa shape index (κ1) is 23.3. The van der Waals surface area contributed by atoms with Gasteiger partial charge in [0.25, 0.3) is 0 Å². The van der Waals surface area contributed by atoms with Gasteiger partial charge in [-0.15, -0.1) is 0 Å². The maximum absolute atomic E-state index is 6.41. The van der Waals surface area contributed by atoms with Crippen LogP contribution in [0.1, 0.15) is 17.5 Å². The third kappa shape index (κ3) is 5.94. The van der Waals surface area contributed by atoms with E-state index in [2.05, 4.69) is 0 Å². The molecule has 32 heavy (non-hydrogen) atoms. The second-order valence-electron chi connectivity index (χ2n) is 8.03. The Morgan fingerprint density at radius 3 is 2.03 bits per heavy atom. The van der Waals surface area contributed by atoms with Crippen molar-refractivity contribution in [3.63, 3.8) is 0 Å². The van der Waals surface area contributed by atoms with E-state index in [-0.39, 0.29) is 31.2 Å². The zero-order valence-electron chi connectivity index (χ0n) is 18.6. The SMILES string of the molecule is COCO[C@@H]1CO[C@H]2[C@H](OCc3ccccc3)[C@@H](OCc3ccccc3)[C@@H](OC)O[C@@H]2C1. The van der Waals surface area contributed by atoms with Gasteiger partial charge in [-0.3, -0.25) is 0 Å². The fraction of sp³-hybridized carbons (Fsp3) is 0.520. The van der Waals surface area contributed by atoms with Crippen molar-refractivity contribution in [3.8, 4) is 0 Å². The summed E-state index contributed by atoms with van der Waals surface area (Å²) in [4.78, 5) is 0. The molecule has 0 amide bonds. The summed E-state index contributed by atoms with van der Waals surface area (Å²) in [6.45, 7) is 1.54. The summed E-state index contributed by atoms with van der Waals surface area (Å²) in [5.41, 5.74) is 2.16. The van der Waals surface area contributed by atoms with Gasteiger partial charge in [0, 0.05) is 20.6 Å². The molecule has 7 heteroatoms. The van der Waals surface area contributed by atoms with Crippen molar-refractivity contribution >= 4 is 0 Å². The maximum Gasteiger partial charge on any atom is 0.186 e. The molecular formula is C25H32O7. The summed E-state index contributed by atoms with van der Waals surface area (Å²) in [7, 11) is 3.23. The normalized spacial score (nSPS) is 30.1. The first-order valence-corrected chi connectivity index (χ1v) is 11.0. The quantitative estimate of drug-likeness (QED) is 0.521. The zero-order valence-corrected chi connectivity index (χ0v) is 18.6. The Morgan fingerprint density at radius 2 is 1.44 bits per heavy atom. The number of methoxy groups -OCH3 is 2. The van der Waals surface area contributed by atoms with E-state index >= 15 is 0 Å². The molecule has 0 aliphatic carbocycles. The summed E-state index contributed by atoms with van der Waals surface area (Å²) < 4.78 is 41.6.